The lowest BCUT2D eigenvalue weighted by atomic mass is 10.3. The molecular formula is C13H17IN2. The standard InChI is InChI=1S/C13H16N2.HI/c1-15-11-5-8-13(15)9-10-14-12-6-3-2-4-7-12;/h2-4,6-10,14H,5,11H2,1H3;1H. The summed E-state index contributed by atoms with van der Waals surface area (Å²) in [4.78, 5) is 1.49. The maximum atomic E-state index is 3.26. The van der Waals surface area contributed by atoms with Gasteiger partial charge in [-0.3, -0.25) is 0 Å². The Bertz CT molecular complexity index is 371. The molecule has 1 aromatic carbocycles. The zero-order chi connectivity index (χ0) is 10.5. The minimum atomic E-state index is 0. The third-order valence-electron chi connectivity index (χ3n) is 2.66. The Kier molecular flexibility index (Phi) is 5.55. The van der Waals surface area contributed by atoms with E-state index in [1.54, 1.807) is 0 Å². The molecule has 0 saturated heterocycles. The van der Waals surface area contributed by atoms with Gasteiger partial charge in [-0.25, -0.2) is 0 Å². The molecular weight excluding hydrogens is 311 g/mol. The van der Waals surface area contributed by atoms with Gasteiger partial charge in [0.05, 0.1) is 13.6 Å². The molecule has 2 rings (SSSR count). The molecule has 86 valence electrons. The molecule has 3 heteroatoms. The Balaban J connectivity index is 0.00000128. The SMILES string of the molecule is C[NH+]1CCC=C1C=CNc1ccccc1.[I-]. The Morgan fingerprint density at radius 1 is 1.25 bits per heavy atom. The number of quaternary nitrogens is 1. The molecule has 0 aliphatic carbocycles. The van der Waals surface area contributed by atoms with E-state index in [1.165, 1.54) is 23.6 Å². The molecule has 0 bridgehead atoms. The summed E-state index contributed by atoms with van der Waals surface area (Å²) in [5, 5.41) is 3.26. The first-order valence-electron chi connectivity index (χ1n) is 5.37. The van der Waals surface area contributed by atoms with Gasteiger partial charge in [-0.15, -0.1) is 0 Å². The molecule has 2 nitrogen and oxygen atoms in total. The fourth-order valence-electron chi connectivity index (χ4n) is 1.74. The van der Waals surface area contributed by atoms with Crippen molar-refractivity contribution >= 4 is 5.69 Å². The first-order valence-corrected chi connectivity index (χ1v) is 5.37. The Labute approximate surface area is 114 Å². The van der Waals surface area contributed by atoms with Gasteiger partial charge in [0.2, 0.25) is 0 Å². The predicted octanol–water partition coefficient (Wildman–Crippen LogP) is -1.58. The molecule has 0 fully saturated rings. The van der Waals surface area contributed by atoms with Crippen LogP contribution in [0.15, 0.2) is 54.4 Å². The average molecular weight is 328 g/mol. The van der Waals surface area contributed by atoms with Crippen LogP contribution in [0.3, 0.4) is 0 Å². The van der Waals surface area contributed by atoms with E-state index in [1.807, 2.05) is 24.4 Å². The fourth-order valence-corrected chi connectivity index (χ4v) is 1.74. The van der Waals surface area contributed by atoms with Crippen LogP contribution in [-0.4, -0.2) is 13.6 Å². The quantitative estimate of drug-likeness (QED) is 0.641. The number of anilines is 1. The maximum Gasteiger partial charge on any atom is 0.128 e. The summed E-state index contributed by atoms with van der Waals surface area (Å²) in [6.07, 6.45) is 7.64. The molecule has 0 saturated carbocycles. The number of hydrogen-bond acceptors (Lipinski definition) is 1. The van der Waals surface area contributed by atoms with E-state index in [9.17, 15) is 0 Å². The Morgan fingerprint density at radius 2 is 2.00 bits per heavy atom. The Hall–Kier alpha value is -0.810. The number of benzene rings is 1. The van der Waals surface area contributed by atoms with Gasteiger partial charge >= 0.3 is 0 Å². The van der Waals surface area contributed by atoms with E-state index in [0.717, 1.165) is 5.69 Å². The van der Waals surface area contributed by atoms with Crippen molar-refractivity contribution in [1.29, 1.82) is 0 Å². The van der Waals surface area contributed by atoms with Crippen LogP contribution in [0.1, 0.15) is 6.42 Å². The number of para-hydroxylation sites is 1. The molecule has 1 heterocycles. The zero-order valence-electron chi connectivity index (χ0n) is 9.41. The third-order valence-corrected chi connectivity index (χ3v) is 2.66. The molecule has 1 atom stereocenters. The van der Waals surface area contributed by atoms with Crippen molar-refractivity contribution in [3.8, 4) is 0 Å². The van der Waals surface area contributed by atoms with Gasteiger partial charge in [0.15, 0.2) is 0 Å². The van der Waals surface area contributed by atoms with Crippen LogP contribution in [0.4, 0.5) is 5.69 Å². The van der Waals surface area contributed by atoms with Gasteiger partial charge in [-0.1, -0.05) is 18.2 Å². The topological polar surface area (TPSA) is 16.5 Å². The number of likely N-dealkylation sites (N-methyl/N-ethyl adjacent to an activating group) is 1. The van der Waals surface area contributed by atoms with E-state index in [4.69, 9.17) is 0 Å². The molecule has 2 N–H and O–H groups in total. The summed E-state index contributed by atoms with van der Waals surface area (Å²) in [5.41, 5.74) is 2.50. The van der Waals surface area contributed by atoms with Crippen LogP contribution >= 0.6 is 0 Å². The van der Waals surface area contributed by atoms with Crippen molar-refractivity contribution in [2.45, 2.75) is 6.42 Å². The minimum Gasteiger partial charge on any atom is -1.00 e. The van der Waals surface area contributed by atoms with Crippen molar-refractivity contribution in [3.05, 3.63) is 54.4 Å². The van der Waals surface area contributed by atoms with Crippen LogP contribution in [0, 0.1) is 0 Å². The second kappa shape index (κ2) is 6.70. The van der Waals surface area contributed by atoms with Crippen molar-refractivity contribution in [3.63, 3.8) is 0 Å². The molecule has 16 heavy (non-hydrogen) atoms. The molecule has 0 radical (unpaired) electrons. The highest BCUT2D eigenvalue weighted by molar-refractivity contribution is 5.45. The second-order valence-corrected chi connectivity index (χ2v) is 3.82. The molecule has 0 spiro atoms. The van der Waals surface area contributed by atoms with E-state index in [2.05, 4.69) is 36.6 Å². The lowest BCUT2D eigenvalue weighted by Crippen LogP contribution is -3.05. The van der Waals surface area contributed by atoms with Crippen LogP contribution in [-0.2, 0) is 0 Å². The van der Waals surface area contributed by atoms with E-state index >= 15 is 0 Å². The van der Waals surface area contributed by atoms with Crippen molar-refractivity contribution in [1.82, 2.24) is 0 Å². The maximum absolute atomic E-state index is 3.26. The molecule has 1 aromatic rings. The largest absolute Gasteiger partial charge is 1.00 e. The molecule has 0 aromatic heterocycles. The molecule has 1 unspecified atom stereocenters. The average Bonchev–Trinajstić information content (AvgIpc) is 2.66. The lowest BCUT2D eigenvalue weighted by Gasteiger charge is -2.06. The summed E-state index contributed by atoms with van der Waals surface area (Å²) in [6.45, 7) is 1.21. The van der Waals surface area contributed by atoms with Crippen molar-refractivity contribution in [2.24, 2.45) is 0 Å². The normalized spacial score (nSPS) is 19.3. The fraction of sp³-hybridized carbons (Fsp3) is 0.231. The second-order valence-electron chi connectivity index (χ2n) is 3.82. The third kappa shape index (κ3) is 3.64. The molecule has 1 aliphatic heterocycles. The van der Waals surface area contributed by atoms with Crippen LogP contribution < -0.4 is 34.2 Å². The number of nitrogens with one attached hydrogen (secondary N) is 2. The Morgan fingerprint density at radius 3 is 2.62 bits per heavy atom. The summed E-state index contributed by atoms with van der Waals surface area (Å²) >= 11 is 0. The summed E-state index contributed by atoms with van der Waals surface area (Å²) in [7, 11) is 2.20. The highest BCUT2D eigenvalue weighted by atomic mass is 127. The number of hydrogen-bond donors (Lipinski definition) is 2. The highest BCUT2D eigenvalue weighted by Crippen LogP contribution is 2.05. The van der Waals surface area contributed by atoms with E-state index in [-0.39, 0.29) is 24.0 Å². The van der Waals surface area contributed by atoms with Gasteiger partial charge in [0.1, 0.15) is 5.70 Å². The van der Waals surface area contributed by atoms with Crippen LogP contribution in [0.5, 0.6) is 0 Å². The number of halogens is 1. The summed E-state index contributed by atoms with van der Waals surface area (Å²) in [5.74, 6) is 0. The molecule has 1 aliphatic rings. The first-order chi connectivity index (χ1) is 7.36. The number of rotatable bonds is 3. The summed E-state index contributed by atoms with van der Waals surface area (Å²) in [6, 6.07) is 10.2. The van der Waals surface area contributed by atoms with Gasteiger partial charge in [-0.2, -0.15) is 0 Å². The molecule has 0 amide bonds. The van der Waals surface area contributed by atoms with E-state index < -0.39 is 0 Å². The highest BCUT2D eigenvalue weighted by Gasteiger charge is 2.12. The van der Waals surface area contributed by atoms with Gasteiger partial charge < -0.3 is 34.2 Å². The van der Waals surface area contributed by atoms with Crippen LogP contribution in [0.25, 0.3) is 0 Å². The van der Waals surface area contributed by atoms with Gasteiger partial charge in [0, 0.05) is 24.4 Å². The minimum absolute atomic E-state index is 0. The smallest absolute Gasteiger partial charge is 0.128 e. The first kappa shape index (κ1) is 13.3. The van der Waals surface area contributed by atoms with Gasteiger partial charge in [0.25, 0.3) is 0 Å². The van der Waals surface area contributed by atoms with Crippen molar-refractivity contribution in [2.75, 3.05) is 18.9 Å². The predicted molar refractivity (Wildman–Crippen MR) is 63.7 cm³/mol. The lowest BCUT2D eigenvalue weighted by molar-refractivity contribution is -0.829. The number of allylic oxidation sites excluding steroid dienone is 1. The zero-order valence-corrected chi connectivity index (χ0v) is 11.6. The summed E-state index contributed by atoms with van der Waals surface area (Å²) < 4.78 is 0. The van der Waals surface area contributed by atoms with Gasteiger partial charge in [-0.05, 0) is 18.2 Å². The van der Waals surface area contributed by atoms with Crippen LogP contribution in [0.2, 0.25) is 0 Å². The van der Waals surface area contributed by atoms with E-state index in [0.29, 0.717) is 0 Å². The van der Waals surface area contributed by atoms with Crippen molar-refractivity contribution < 1.29 is 28.9 Å². The monoisotopic (exact) mass is 328 g/mol.